The maximum atomic E-state index is 11.6. The first-order valence-electron chi connectivity index (χ1n) is 4.52. The quantitative estimate of drug-likeness (QED) is 0.749. The summed E-state index contributed by atoms with van der Waals surface area (Å²) in [6.07, 6.45) is 3.08. The van der Waals surface area contributed by atoms with Gasteiger partial charge in [0.2, 0.25) is 0 Å². The summed E-state index contributed by atoms with van der Waals surface area (Å²) in [5, 5.41) is 0.0202. The number of rotatable bonds is 1. The molecule has 16 heavy (non-hydrogen) atoms. The van der Waals surface area contributed by atoms with Crippen LogP contribution < -0.4 is 11.2 Å². The molecule has 0 aliphatic carbocycles. The van der Waals surface area contributed by atoms with E-state index in [0.717, 1.165) is 16.2 Å². The summed E-state index contributed by atoms with van der Waals surface area (Å²) in [7, 11) is 0. The van der Waals surface area contributed by atoms with E-state index in [1.807, 2.05) is 6.92 Å². The van der Waals surface area contributed by atoms with Gasteiger partial charge in [-0.2, -0.15) is 0 Å². The van der Waals surface area contributed by atoms with Crippen molar-refractivity contribution in [2.24, 2.45) is 0 Å². The minimum Gasteiger partial charge on any atom is -0.297 e. The monoisotopic (exact) mass is 237 g/mol. The lowest BCUT2D eigenvalue weighted by molar-refractivity contribution is 0.868. The van der Waals surface area contributed by atoms with E-state index in [2.05, 4.69) is 9.97 Å². The molecule has 5 nitrogen and oxygen atoms in total. The van der Waals surface area contributed by atoms with E-state index in [0.29, 0.717) is 5.69 Å². The summed E-state index contributed by atoms with van der Waals surface area (Å²) in [4.78, 5) is 29.4. The molecular formula is C10H8ClN3O2. The summed E-state index contributed by atoms with van der Waals surface area (Å²) in [6.45, 7) is 1.83. The molecule has 0 aliphatic heterocycles. The molecule has 0 saturated carbocycles. The van der Waals surface area contributed by atoms with E-state index >= 15 is 0 Å². The average Bonchev–Trinajstić information content (AvgIpc) is 2.15. The van der Waals surface area contributed by atoms with Crippen LogP contribution in [0.25, 0.3) is 5.69 Å². The Morgan fingerprint density at radius 1 is 1.31 bits per heavy atom. The lowest BCUT2D eigenvalue weighted by Gasteiger charge is -2.04. The Labute approximate surface area is 95.3 Å². The number of pyridine rings is 1. The van der Waals surface area contributed by atoms with Gasteiger partial charge in [-0.3, -0.25) is 14.8 Å². The molecule has 2 heterocycles. The Bertz CT molecular complexity index is 614. The van der Waals surface area contributed by atoms with Crippen molar-refractivity contribution in [2.75, 3.05) is 0 Å². The normalized spacial score (nSPS) is 10.4. The highest BCUT2D eigenvalue weighted by atomic mass is 35.5. The van der Waals surface area contributed by atoms with Crippen LogP contribution in [-0.2, 0) is 0 Å². The Balaban J connectivity index is 2.75. The van der Waals surface area contributed by atoms with Crippen molar-refractivity contribution in [3.63, 3.8) is 0 Å². The first-order valence-corrected chi connectivity index (χ1v) is 4.89. The van der Waals surface area contributed by atoms with Crippen molar-refractivity contribution in [3.8, 4) is 5.69 Å². The van der Waals surface area contributed by atoms with Crippen LogP contribution >= 0.6 is 11.6 Å². The minimum absolute atomic E-state index is 0.0202. The van der Waals surface area contributed by atoms with Gasteiger partial charge in [-0.1, -0.05) is 11.6 Å². The van der Waals surface area contributed by atoms with Crippen LogP contribution in [0.4, 0.5) is 0 Å². The molecule has 0 saturated heterocycles. The van der Waals surface area contributed by atoms with Crippen molar-refractivity contribution >= 4 is 11.6 Å². The van der Waals surface area contributed by atoms with Gasteiger partial charge in [0.25, 0.3) is 5.56 Å². The second-order valence-electron chi connectivity index (χ2n) is 3.32. The molecular weight excluding hydrogens is 230 g/mol. The number of aromatic amines is 1. The fraction of sp³-hybridized carbons (Fsp3) is 0.100. The molecule has 0 fully saturated rings. The lowest BCUT2D eigenvalue weighted by atomic mass is 10.3. The second-order valence-corrected chi connectivity index (χ2v) is 3.72. The van der Waals surface area contributed by atoms with Crippen LogP contribution in [0.15, 0.2) is 34.1 Å². The number of aromatic nitrogens is 3. The zero-order chi connectivity index (χ0) is 11.7. The van der Waals surface area contributed by atoms with Gasteiger partial charge >= 0.3 is 5.69 Å². The molecule has 82 valence electrons. The fourth-order valence-corrected chi connectivity index (χ4v) is 1.55. The Kier molecular flexibility index (Phi) is 2.62. The number of halogens is 1. The van der Waals surface area contributed by atoms with E-state index < -0.39 is 11.2 Å². The van der Waals surface area contributed by atoms with Gasteiger partial charge < -0.3 is 0 Å². The highest BCUT2D eigenvalue weighted by Gasteiger charge is 2.05. The van der Waals surface area contributed by atoms with Gasteiger partial charge in [0.05, 0.1) is 11.9 Å². The van der Waals surface area contributed by atoms with Gasteiger partial charge in [-0.25, -0.2) is 9.36 Å². The summed E-state index contributed by atoms with van der Waals surface area (Å²) in [5.41, 5.74) is 0.215. The molecule has 0 radical (unpaired) electrons. The number of H-pyrrole nitrogens is 1. The van der Waals surface area contributed by atoms with Gasteiger partial charge in [0, 0.05) is 12.3 Å². The lowest BCUT2D eigenvalue weighted by Crippen LogP contribution is -2.33. The molecule has 0 amide bonds. The summed E-state index contributed by atoms with van der Waals surface area (Å²) in [5.74, 6) is 0. The first-order chi connectivity index (χ1) is 7.58. The smallest absolute Gasteiger partial charge is 0.297 e. The number of hydrogen-bond acceptors (Lipinski definition) is 3. The topological polar surface area (TPSA) is 67.8 Å². The third kappa shape index (κ3) is 1.90. The molecule has 2 aromatic rings. The van der Waals surface area contributed by atoms with Crippen molar-refractivity contribution in [3.05, 3.63) is 56.1 Å². The summed E-state index contributed by atoms with van der Waals surface area (Å²) in [6, 6.07) is 2.84. The fourth-order valence-electron chi connectivity index (χ4n) is 1.37. The predicted octanol–water partition coefficient (Wildman–Crippen LogP) is 0.883. The standard InChI is InChI=1S/C10H8ClN3O2/c1-6-2-7(5-12-4-6)14-9(15)3-8(11)13-10(14)16/h2-5H,1H3,(H,13,16). The zero-order valence-corrected chi connectivity index (χ0v) is 9.15. The number of nitrogens with one attached hydrogen (secondary N) is 1. The van der Waals surface area contributed by atoms with Crippen LogP contribution in [0.5, 0.6) is 0 Å². The van der Waals surface area contributed by atoms with Gasteiger partial charge in [-0.15, -0.1) is 0 Å². The molecule has 2 rings (SSSR count). The van der Waals surface area contributed by atoms with E-state index in [-0.39, 0.29) is 5.15 Å². The van der Waals surface area contributed by atoms with Crippen molar-refractivity contribution in [1.82, 2.24) is 14.5 Å². The molecule has 6 heteroatoms. The third-order valence-corrected chi connectivity index (χ3v) is 2.22. The van der Waals surface area contributed by atoms with Crippen LogP contribution in [0, 0.1) is 6.92 Å². The maximum Gasteiger partial charge on any atom is 0.334 e. The van der Waals surface area contributed by atoms with Gasteiger partial charge in [0.1, 0.15) is 5.15 Å². The van der Waals surface area contributed by atoms with E-state index in [1.165, 1.54) is 6.20 Å². The molecule has 0 unspecified atom stereocenters. The molecule has 0 atom stereocenters. The summed E-state index contributed by atoms with van der Waals surface area (Å²) >= 11 is 5.56. The maximum absolute atomic E-state index is 11.6. The molecule has 0 aromatic carbocycles. The summed E-state index contributed by atoms with van der Waals surface area (Å²) < 4.78 is 0.978. The Morgan fingerprint density at radius 3 is 2.69 bits per heavy atom. The van der Waals surface area contributed by atoms with Crippen LogP contribution in [0.1, 0.15) is 5.56 Å². The SMILES string of the molecule is Cc1cncc(-n2c(=O)cc(Cl)[nH]c2=O)c1. The first kappa shape index (κ1) is 10.6. The number of hydrogen-bond donors (Lipinski definition) is 1. The Morgan fingerprint density at radius 2 is 2.06 bits per heavy atom. The molecule has 2 aromatic heterocycles. The van der Waals surface area contributed by atoms with E-state index in [4.69, 9.17) is 11.6 Å². The van der Waals surface area contributed by atoms with Crippen LogP contribution in [-0.4, -0.2) is 14.5 Å². The Hall–Kier alpha value is -1.88. The highest BCUT2D eigenvalue weighted by molar-refractivity contribution is 6.29. The molecule has 0 aliphatic rings. The van der Waals surface area contributed by atoms with Gasteiger partial charge in [-0.05, 0) is 18.6 Å². The van der Waals surface area contributed by atoms with Crippen LogP contribution in [0.2, 0.25) is 5.15 Å². The largest absolute Gasteiger partial charge is 0.334 e. The van der Waals surface area contributed by atoms with Crippen molar-refractivity contribution in [1.29, 1.82) is 0 Å². The van der Waals surface area contributed by atoms with Crippen LogP contribution in [0.3, 0.4) is 0 Å². The highest BCUT2D eigenvalue weighted by Crippen LogP contribution is 2.03. The molecule has 1 N–H and O–H groups in total. The third-order valence-electron chi connectivity index (χ3n) is 2.02. The molecule has 0 spiro atoms. The number of nitrogens with zero attached hydrogens (tertiary/aromatic N) is 2. The van der Waals surface area contributed by atoms with Gasteiger partial charge in [0.15, 0.2) is 0 Å². The number of aryl methyl sites for hydroxylation is 1. The van der Waals surface area contributed by atoms with Crippen molar-refractivity contribution in [2.45, 2.75) is 6.92 Å². The van der Waals surface area contributed by atoms with E-state index in [9.17, 15) is 9.59 Å². The van der Waals surface area contributed by atoms with Crippen molar-refractivity contribution < 1.29 is 0 Å². The average molecular weight is 238 g/mol. The predicted molar refractivity (Wildman–Crippen MR) is 60.2 cm³/mol. The minimum atomic E-state index is -0.579. The second kappa shape index (κ2) is 3.94. The van der Waals surface area contributed by atoms with E-state index in [1.54, 1.807) is 12.3 Å². The zero-order valence-electron chi connectivity index (χ0n) is 8.40. The molecule has 0 bridgehead atoms.